The Labute approximate surface area is 136 Å². The number of non-ortho nitro benzene ring substituents is 1. The van der Waals surface area contributed by atoms with Gasteiger partial charge in [0.15, 0.2) is 5.96 Å². The van der Waals surface area contributed by atoms with Gasteiger partial charge in [0.05, 0.1) is 29.7 Å². The molecule has 1 heterocycles. The van der Waals surface area contributed by atoms with E-state index in [1.807, 2.05) is 6.92 Å². The molecule has 0 aromatic heterocycles. The van der Waals surface area contributed by atoms with Crippen molar-refractivity contribution in [2.75, 3.05) is 19.7 Å². The third-order valence-corrected chi connectivity index (χ3v) is 3.50. The molecule has 10 heteroatoms. The number of alkyl halides is 3. The van der Waals surface area contributed by atoms with Gasteiger partial charge in [-0.2, -0.15) is 13.2 Å². The highest BCUT2D eigenvalue weighted by Crippen LogP contribution is 2.32. The minimum absolute atomic E-state index is 0.0258. The van der Waals surface area contributed by atoms with Crippen LogP contribution in [0.3, 0.4) is 0 Å². The van der Waals surface area contributed by atoms with E-state index in [-0.39, 0.29) is 24.2 Å². The number of halogens is 3. The summed E-state index contributed by atoms with van der Waals surface area (Å²) in [6, 6.07) is 2.40. The van der Waals surface area contributed by atoms with E-state index in [0.29, 0.717) is 25.8 Å². The van der Waals surface area contributed by atoms with Gasteiger partial charge in [-0.3, -0.25) is 10.1 Å². The van der Waals surface area contributed by atoms with Gasteiger partial charge in [-0.15, -0.1) is 0 Å². The Bertz CT molecular complexity index is 649. The topological polar surface area (TPSA) is 94.0 Å². The minimum Gasteiger partial charge on any atom is -0.375 e. The van der Waals surface area contributed by atoms with Gasteiger partial charge in [0, 0.05) is 25.2 Å². The number of nitrogens with zero attached hydrogens (tertiary/aromatic N) is 3. The molecule has 0 radical (unpaired) electrons. The molecule has 1 atom stereocenters. The standard InChI is InChI=1S/C14H17F3N4O3/c1-9-8-20(2-3-24-9)13(18)19-7-10-4-11(14(15,16)17)6-12(5-10)21(22)23/h4-6,9H,2-3,7-8H2,1H3,(H2,18,19). The van der Waals surface area contributed by atoms with Gasteiger partial charge in [0.25, 0.3) is 5.69 Å². The number of guanidine groups is 1. The second-order valence-corrected chi connectivity index (χ2v) is 5.44. The van der Waals surface area contributed by atoms with E-state index in [0.717, 1.165) is 12.1 Å². The fraction of sp³-hybridized carbons (Fsp3) is 0.500. The average Bonchev–Trinajstić information content (AvgIpc) is 2.51. The van der Waals surface area contributed by atoms with Crippen molar-refractivity contribution in [3.05, 3.63) is 39.4 Å². The fourth-order valence-corrected chi connectivity index (χ4v) is 2.33. The van der Waals surface area contributed by atoms with Crippen molar-refractivity contribution in [1.82, 2.24) is 4.90 Å². The first-order chi connectivity index (χ1) is 11.2. The van der Waals surface area contributed by atoms with Crippen LogP contribution in [-0.4, -0.2) is 41.6 Å². The van der Waals surface area contributed by atoms with Crippen molar-refractivity contribution < 1.29 is 22.8 Å². The molecule has 1 unspecified atom stereocenters. The lowest BCUT2D eigenvalue weighted by molar-refractivity contribution is -0.385. The summed E-state index contributed by atoms with van der Waals surface area (Å²) in [5.41, 5.74) is 4.20. The number of nitro benzene ring substituents is 1. The van der Waals surface area contributed by atoms with Crippen LogP contribution in [0.25, 0.3) is 0 Å². The Morgan fingerprint density at radius 1 is 1.50 bits per heavy atom. The predicted molar refractivity (Wildman–Crippen MR) is 80.4 cm³/mol. The summed E-state index contributed by atoms with van der Waals surface area (Å²) >= 11 is 0. The Hall–Kier alpha value is -2.36. The van der Waals surface area contributed by atoms with Gasteiger partial charge in [-0.05, 0) is 18.6 Å². The largest absolute Gasteiger partial charge is 0.416 e. The molecule has 1 aromatic carbocycles. The third kappa shape index (κ3) is 4.57. The van der Waals surface area contributed by atoms with Crippen LogP contribution in [0, 0.1) is 10.1 Å². The molecule has 1 aliphatic heterocycles. The molecule has 2 N–H and O–H groups in total. The highest BCUT2D eigenvalue weighted by molar-refractivity contribution is 5.78. The lowest BCUT2D eigenvalue weighted by Gasteiger charge is -2.31. The van der Waals surface area contributed by atoms with Crippen LogP contribution in [0.1, 0.15) is 18.1 Å². The molecule has 24 heavy (non-hydrogen) atoms. The molecule has 1 fully saturated rings. The van der Waals surface area contributed by atoms with E-state index < -0.39 is 22.4 Å². The van der Waals surface area contributed by atoms with Crippen molar-refractivity contribution in [3.8, 4) is 0 Å². The number of hydrogen-bond acceptors (Lipinski definition) is 4. The zero-order chi connectivity index (χ0) is 17.9. The summed E-state index contributed by atoms with van der Waals surface area (Å²) in [7, 11) is 0. The summed E-state index contributed by atoms with van der Waals surface area (Å²) in [5.74, 6) is 0.171. The van der Waals surface area contributed by atoms with Crippen molar-refractivity contribution >= 4 is 11.6 Å². The van der Waals surface area contributed by atoms with Gasteiger partial charge in [-0.25, -0.2) is 4.99 Å². The molecule has 7 nitrogen and oxygen atoms in total. The number of rotatable bonds is 3. The molecule has 0 saturated carbocycles. The molecule has 0 aliphatic carbocycles. The van der Waals surface area contributed by atoms with E-state index in [1.165, 1.54) is 0 Å². The SMILES string of the molecule is CC1CN(C(N)=NCc2cc([N+](=O)[O-])cc(C(F)(F)F)c2)CCO1. The van der Waals surface area contributed by atoms with Crippen LogP contribution in [-0.2, 0) is 17.5 Å². The van der Waals surface area contributed by atoms with Crippen LogP contribution in [0.4, 0.5) is 18.9 Å². The zero-order valence-electron chi connectivity index (χ0n) is 12.9. The Kier molecular flexibility index (Phi) is 5.27. The number of nitro groups is 1. The quantitative estimate of drug-likeness (QED) is 0.392. The maximum atomic E-state index is 12.8. The Morgan fingerprint density at radius 2 is 2.21 bits per heavy atom. The maximum absolute atomic E-state index is 12.8. The predicted octanol–water partition coefficient (Wildman–Crippen LogP) is 2.15. The van der Waals surface area contributed by atoms with E-state index >= 15 is 0 Å². The van der Waals surface area contributed by atoms with E-state index in [1.54, 1.807) is 4.90 Å². The summed E-state index contributed by atoms with van der Waals surface area (Å²) in [6.45, 7) is 3.23. The zero-order valence-corrected chi connectivity index (χ0v) is 12.9. The van der Waals surface area contributed by atoms with Crippen molar-refractivity contribution in [2.24, 2.45) is 10.7 Å². The van der Waals surface area contributed by atoms with Crippen molar-refractivity contribution in [3.63, 3.8) is 0 Å². The molecule has 132 valence electrons. The van der Waals surface area contributed by atoms with Crippen molar-refractivity contribution in [1.29, 1.82) is 0 Å². The second-order valence-electron chi connectivity index (χ2n) is 5.44. The summed E-state index contributed by atoms with van der Waals surface area (Å²) in [6.07, 6.45) is -4.70. The van der Waals surface area contributed by atoms with Gasteiger partial charge in [0.2, 0.25) is 0 Å². The summed E-state index contributed by atoms with van der Waals surface area (Å²) in [4.78, 5) is 15.8. The highest BCUT2D eigenvalue weighted by atomic mass is 19.4. The van der Waals surface area contributed by atoms with E-state index in [4.69, 9.17) is 10.5 Å². The normalized spacial score (nSPS) is 19.4. The molecule has 2 rings (SSSR count). The lowest BCUT2D eigenvalue weighted by Crippen LogP contribution is -2.47. The minimum atomic E-state index is -4.67. The van der Waals surface area contributed by atoms with Crippen LogP contribution in [0.2, 0.25) is 0 Å². The van der Waals surface area contributed by atoms with E-state index in [9.17, 15) is 23.3 Å². The molecule has 0 spiro atoms. The molecule has 1 saturated heterocycles. The van der Waals surface area contributed by atoms with Gasteiger partial charge < -0.3 is 15.4 Å². The number of benzene rings is 1. The van der Waals surface area contributed by atoms with Gasteiger partial charge in [-0.1, -0.05) is 0 Å². The van der Waals surface area contributed by atoms with Crippen molar-refractivity contribution in [2.45, 2.75) is 25.7 Å². The molecular weight excluding hydrogens is 329 g/mol. The first-order valence-electron chi connectivity index (χ1n) is 7.19. The van der Waals surface area contributed by atoms with Gasteiger partial charge in [0.1, 0.15) is 0 Å². The molecular formula is C14H17F3N4O3. The van der Waals surface area contributed by atoms with Gasteiger partial charge >= 0.3 is 6.18 Å². The maximum Gasteiger partial charge on any atom is 0.416 e. The van der Waals surface area contributed by atoms with Crippen LogP contribution in [0.15, 0.2) is 23.2 Å². The number of morpholine rings is 1. The molecule has 0 bridgehead atoms. The highest BCUT2D eigenvalue weighted by Gasteiger charge is 2.32. The van der Waals surface area contributed by atoms with Crippen LogP contribution >= 0.6 is 0 Å². The number of hydrogen-bond donors (Lipinski definition) is 1. The number of nitrogens with two attached hydrogens (primary N) is 1. The summed E-state index contributed by atoms with van der Waals surface area (Å²) in [5, 5.41) is 10.8. The summed E-state index contributed by atoms with van der Waals surface area (Å²) < 4.78 is 43.9. The van der Waals surface area contributed by atoms with E-state index in [2.05, 4.69) is 4.99 Å². The van der Waals surface area contributed by atoms with Crippen LogP contribution in [0.5, 0.6) is 0 Å². The average molecular weight is 346 g/mol. The number of ether oxygens (including phenoxy) is 1. The lowest BCUT2D eigenvalue weighted by atomic mass is 10.1. The number of aliphatic imine (C=N–C) groups is 1. The second kappa shape index (κ2) is 7.04. The molecule has 1 aromatic rings. The molecule has 1 aliphatic rings. The third-order valence-electron chi connectivity index (χ3n) is 3.50. The molecule has 0 amide bonds. The monoisotopic (exact) mass is 346 g/mol. The Morgan fingerprint density at radius 3 is 2.79 bits per heavy atom. The van der Waals surface area contributed by atoms with Crippen LogP contribution < -0.4 is 5.73 Å². The smallest absolute Gasteiger partial charge is 0.375 e. The Balaban J connectivity index is 2.20. The first kappa shape index (κ1) is 18.0. The first-order valence-corrected chi connectivity index (χ1v) is 7.19. The fourth-order valence-electron chi connectivity index (χ4n) is 2.33.